The van der Waals surface area contributed by atoms with Gasteiger partial charge in [-0.05, 0) is 78.5 Å². The first-order chi connectivity index (χ1) is 18.1. The molecule has 4 aromatic rings. The highest BCUT2D eigenvalue weighted by Crippen LogP contribution is 2.37. The van der Waals surface area contributed by atoms with Crippen LogP contribution < -0.4 is 0 Å². The molecule has 0 saturated carbocycles. The molecular weight excluding hydrogens is 480 g/mol. The van der Waals surface area contributed by atoms with Crippen molar-refractivity contribution >= 4 is 45.8 Å². The van der Waals surface area contributed by atoms with Crippen molar-refractivity contribution in [2.24, 2.45) is 0 Å². The molecular formula is C31H28N2O3S. The monoisotopic (exact) mass is 508 g/mol. The minimum absolute atomic E-state index is 0.159. The normalized spacial score (nSPS) is 16.8. The Balaban J connectivity index is 1.31. The summed E-state index contributed by atoms with van der Waals surface area (Å²) < 4.78 is 5.88. The number of carbonyl (C=O) groups is 2. The van der Waals surface area contributed by atoms with Crippen molar-refractivity contribution in [2.75, 3.05) is 6.54 Å². The molecule has 1 amide bonds. The molecule has 2 aliphatic rings. The number of pyridine rings is 1. The molecule has 0 N–H and O–H groups in total. The van der Waals surface area contributed by atoms with E-state index in [-0.39, 0.29) is 5.91 Å². The molecule has 0 spiro atoms. The molecule has 186 valence electrons. The Kier molecular flexibility index (Phi) is 6.35. The van der Waals surface area contributed by atoms with Crippen LogP contribution in [0, 0.1) is 0 Å². The van der Waals surface area contributed by atoms with Gasteiger partial charge in [-0.3, -0.25) is 4.79 Å². The molecule has 2 aromatic heterocycles. The van der Waals surface area contributed by atoms with Gasteiger partial charge in [-0.2, -0.15) is 0 Å². The molecule has 0 radical (unpaired) electrons. The maximum absolute atomic E-state index is 13.7. The highest BCUT2D eigenvalue weighted by molar-refractivity contribution is 7.10. The first-order valence-corrected chi connectivity index (χ1v) is 13.7. The molecule has 1 unspecified atom stereocenters. The summed E-state index contributed by atoms with van der Waals surface area (Å²) in [7, 11) is 0. The van der Waals surface area contributed by atoms with Crippen LogP contribution in [0.1, 0.15) is 57.4 Å². The van der Waals surface area contributed by atoms with Gasteiger partial charge in [-0.25, -0.2) is 9.78 Å². The number of rotatable bonds is 4. The lowest BCUT2D eigenvalue weighted by atomic mass is 9.86. The number of hydrogen-bond acceptors (Lipinski definition) is 5. The van der Waals surface area contributed by atoms with Crippen LogP contribution in [-0.2, 0) is 28.9 Å². The summed E-state index contributed by atoms with van der Waals surface area (Å²) in [6, 6.07) is 20.0. The molecule has 1 atom stereocenters. The molecule has 2 aromatic carbocycles. The molecule has 1 aliphatic carbocycles. The van der Waals surface area contributed by atoms with E-state index in [1.54, 1.807) is 23.2 Å². The third-order valence-corrected chi connectivity index (χ3v) is 8.13. The first kappa shape index (κ1) is 23.6. The van der Waals surface area contributed by atoms with Crippen LogP contribution in [0.15, 0.2) is 66.0 Å². The van der Waals surface area contributed by atoms with Crippen LogP contribution in [0.25, 0.3) is 22.6 Å². The van der Waals surface area contributed by atoms with Gasteiger partial charge in [0.1, 0.15) is 0 Å². The number of nitrogens with zero attached hydrogens (tertiary/aromatic N) is 2. The van der Waals surface area contributed by atoms with Crippen LogP contribution in [0.5, 0.6) is 0 Å². The zero-order chi connectivity index (χ0) is 25.4. The second-order valence-corrected chi connectivity index (χ2v) is 10.7. The zero-order valence-electron chi connectivity index (χ0n) is 20.8. The van der Waals surface area contributed by atoms with Gasteiger partial charge < -0.3 is 9.64 Å². The van der Waals surface area contributed by atoms with E-state index in [4.69, 9.17) is 9.72 Å². The number of thiophene rings is 1. The van der Waals surface area contributed by atoms with E-state index < -0.39 is 12.1 Å². The van der Waals surface area contributed by atoms with E-state index in [2.05, 4.69) is 29.7 Å². The number of ether oxygens (including phenoxy) is 1. The fourth-order valence-electron chi connectivity index (χ4n) is 5.46. The van der Waals surface area contributed by atoms with Crippen LogP contribution in [0.4, 0.5) is 0 Å². The number of benzene rings is 2. The number of hydrogen-bond donors (Lipinski definition) is 0. The third kappa shape index (κ3) is 4.58. The zero-order valence-corrected chi connectivity index (χ0v) is 21.6. The van der Waals surface area contributed by atoms with Gasteiger partial charge in [0.15, 0.2) is 6.10 Å². The van der Waals surface area contributed by atoms with Crippen molar-refractivity contribution < 1.29 is 14.3 Å². The van der Waals surface area contributed by atoms with E-state index in [9.17, 15) is 9.59 Å². The minimum Gasteiger partial charge on any atom is -0.449 e. The van der Waals surface area contributed by atoms with E-state index in [0.717, 1.165) is 59.0 Å². The summed E-state index contributed by atoms with van der Waals surface area (Å²) in [5.41, 5.74) is 6.66. The van der Waals surface area contributed by atoms with Crippen molar-refractivity contribution in [3.63, 3.8) is 0 Å². The molecule has 5 nitrogen and oxygen atoms in total. The second-order valence-electron chi connectivity index (χ2n) is 9.70. The van der Waals surface area contributed by atoms with Gasteiger partial charge in [0.2, 0.25) is 0 Å². The smallest absolute Gasteiger partial charge is 0.339 e. The fourth-order valence-corrected chi connectivity index (χ4v) is 6.15. The van der Waals surface area contributed by atoms with Gasteiger partial charge in [0.25, 0.3) is 5.91 Å². The summed E-state index contributed by atoms with van der Waals surface area (Å²) in [4.78, 5) is 34.9. The standard InChI is InChI=1S/C31H28N2O3S/c1-20(30(34)33-16-15-21-8-2-3-9-23(21)19-33)36-31(35)28-25-12-4-5-14-27(25)32-29-22(10-6-13-26(28)29)18-24-11-7-17-37-24/h2-5,7-9,11-12,14,17-18,20H,6,10,13,15-16,19H2,1H3. The van der Waals surface area contributed by atoms with Gasteiger partial charge in [-0.1, -0.05) is 48.5 Å². The van der Waals surface area contributed by atoms with Crippen molar-refractivity contribution in [1.29, 1.82) is 0 Å². The van der Waals surface area contributed by atoms with Crippen LogP contribution in [0.2, 0.25) is 0 Å². The fraction of sp³-hybridized carbons (Fsp3) is 0.258. The van der Waals surface area contributed by atoms with Crippen molar-refractivity contribution in [1.82, 2.24) is 9.88 Å². The predicted molar refractivity (Wildman–Crippen MR) is 147 cm³/mol. The van der Waals surface area contributed by atoms with Crippen molar-refractivity contribution in [2.45, 2.75) is 45.3 Å². The summed E-state index contributed by atoms with van der Waals surface area (Å²) >= 11 is 1.69. The van der Waals surface area contributed by atoms with E-state index in [0.29, 0.717) is 18.7 Å². The van der Waals surface area contributed by atoms with Crippen molar-refractivity contribution in [3.8, 4) is 0 Å². The molecule has 0 fully saturated rings. The van der Waals surface area contributed by atoms with Gasteiger partial charge in [0.05, 0.1) is 16.8 Å². The highest BCUT2D eigenvalue weighted by Gasteiger charge is 2.30. The predicted octanol–water partition coefficient (Wildman–Crippen LogP) is 6.30. The Morgan fingerprint density at radius 3 is 2.65 bits per heavy atom. The minimum atomic E-state index is -0.870. The summed E-state index contributed by atoms with van der Waals surface area (Å²) in [5.74, 6) is -0.612. The Bertz CT molecular complexity index is 1520. The van der Waals surface area contributed by atoms with Crippen LogP contribution in [0.3, 0.4) is 0 Å². The summed E-state index contributed by atoms with van der Waals surface area (Å²) in [6.07, 6.45) is 4.72. The third-order valence-electron chi connectivity index (χ3n) is 7.31. The lowest BCUT2D eigenvalue weighted by Gasteiger charge is -2.31. The lowest BCUT2D eigenvalue weighted by Crippen LogP contribution is -2.42. The summed E-state index contributed by atoms with van der Waals surface area (Å²) in [6.45, 7) is 2.85. The van der Waals surface area contributed by atoms with E-state index in [1.807, 2.05) is 42.5 Å². The summed E-state index contributed by atoms with van der Waals surface area (Å²) in [5, 5.41) is 2.83. The Hall–Kier alpha value is -3.77. The maximum atomic E-state index is 13.7. The molecule has 1 aliphatic heterocycles. The number of aromatic nitrogens is 1. The molecule has 0 bridgehead atoms. The Labute approximate surface area is 220 Å². The van der Waals surface area contributed by atoms with Gasteiger partial charge >= 0.3 is 5.97 Å². The van der Waals surface area contributed by atoms with Gasteiger partial charge in [0, 0.05) is 23.4 Å². The SMILES string of the molecule is CC(OC(=O)c1c2c(nc3ccccc13)C(=Cc1cccs1)CCC2)C(=O)N1CCc2ccccc2C1. The molecule has 37 heavy (non-hydrogen) atoms. The molecule has 6 heteroatoms. The number of fused-ring (bicyclic) bond motifs is 3. The molecule has 6 rings (SSSR count). The van der Waals surface area contributed by atoms with Crippen LogP contribution >= 0.6 is 11.3 Å². The Morgan fingerprint density at radius 2 is 1.81 bits per heavy atom. The topological polar surface area (TPSA) is 59.5 Å². The first-order valence-electron chi connectivity index (χ1n) is 12.8. The molecule has 3 heterocycles. The average molecular weight is 509 g/mol. The maximum Gasteiger partial charge on any atom is 0.339 e. The Morgan fingerprint density at radius 1 is 1.00 bits per heavy atom. The van der Waals surface area contributed by atoms with Crippen molar-refractivity contribution in [3.05, 3.63) is 98.9 Å². The highest BCUT2D eigenvalue weighted by atomic mass is 32.1. The number of esters is 1. The van der Waals surface area contributed by atoms with Gasteiger partial charge in [-0.15, -0.1) is 11.3 Å². The molecule has 0 saturated heterocycles. The number of carbonyl (C=O) groups excluding carboxylic acids is 2. The average Bonchev–Trinajstić information content (AvgIpc) is 3.44. The number of amides is 1. The second kappa shape index (κ2) is 9.94. The quantitative estimate of drug-likeness (QED) is 0.304. The van der Waals surface area contributed by atoms with E-state index in [1.165, 1.54) is 10.4 Å². The largest absolute Gasteiger partial charge is 0.449 e. The number of para-hydroxylation sites is 1. The van der Waals surface area contributed by atoms with Crippen LogP contribution in [-0.4, -0.2) is 34.4 Å². The lowest BCUT2D eigenvalue weighted by molar-refractivity contribution is -0.140. The number of allylic oxidation sites excluding steroid dienone is 1. The van der Waals surface area contributed by atoms with E-state index >= 15 is 0 Å².